The molecular weight excluding hydrogens is 427 g/mol. The first kappa shape index (κ1) is 20.8. The molecule has 0 spiro atoms. The Bertz CT molecular complexity index is 380. The SMILES string of the molecule is COCO[C@H]1C[C@@H]([C@H](C[C@@H]2COC(C)(C)O2)OC)O[C@H]1[C@@H](C)CI. The standard InChI is InChI=1S/C17H31IO6/c1-11(8-18)16-15(21-10-19-4)7-14(23-16)13(20-5)6-12-9-22-17(2,3)24-12/h11-16H,6-10H2,1-5H3/t11-,12+,13-,14-,15-,16-/m0/s1. The summed E-state index contributed by atoms with van der Waals surface area (Å²) in [4.78, 5) is 0. The van der Waals surface area contributed by atoms with Crippen LogP contribution < -0.4 is 0 Å². The molecule has 0 aromatic carbocycles. The van der Waals surface area contributed by atoms with Gasteiger partial charge in [-0.05, 0) is 19.8 Å². The average Bonchev–Trinajstić information content (AvgIpc) is 3.12. The maximum atomic E-state index is 6.33. The molecule has 2 aliphatic heterocycles. The zero-order valence-corrected chi connectivity index (χ0v) is 17.5. The second kappa shape index (κ2) is 9.43. The Morgan fingerprint density at radius 2 is 2.04 bits per heavy atom. The number of hydrogen-bond acceptors (Lipinski definition) is 6. The van der Waals surface area contributed by atoms with Crippen molar-refractivity contribution in [2.45, 2.75) is 69.9 Å². The van der Waals surface area contributed by atoms with Crippen LogP contribution >= 0.6 is 22.6 Å². The number of alkyl halides is 1. The first-order valence-electron chi connectivity index (χ1n) is 8.56. The average molecular weight is 458 g/mol. The van der Waals surface area contributed by atoms with E-state index in [0.717, 1.165) is 17.3 Å². The van der Waals surface area contributed by atoms with E-state index in [9.17, 15) is 0 Å². The fourth-order valence-corrected chi connectivity index (χ4v) is 3.89. The molecule has 2 saturated heterocycles. The second-order valence-electron chi connectivity index (χ2n) is 7.08. The molecule has 6 atom stereocenters. The summed E-state index contributed by atoms with van der Waals surface area (Å²) in [6, 6.07) is 0. The number of hydrogen-bond donors (Lipinski definition) is 0. The molecule has 0 unspecified atom stereocenters. The number of halogens is 1. The van der Waals surface area contributed by atoms with Crippen molar-refractivity contribution in [3.63, 3.8) is 0 Å². The summed E-state index contributed by atoms with van der Waals surface area (Å²) < 4.78 is 35.6. The monoisotopic (exact) mass is 458 g/mol. The van der Waals surface area contributed by atoms with E-state index in [2.05, 4.69) is 29.5 Å². The zero-order valence-electron chi connectivity index (χ0n) is 15.3. The van der Waals surface area contributed by atoms with Gasteiger partial charge < -0.3 is 28.4 Å². The quantitative estimate of drug-likeness (QED) is 0.301. The third kappa shape index (κ3) is 5.49. The lowest BCUT2D eigenvalue weighted by Gasteiger charge is -2.26. The van der Waals surface area contributed by atoms with Gasteiger partial charge in [-0.15, -0.1) is 0 Å². The van der Waals surface area contributed by atoms with Gasteiger partial charge in [0.2, 0.25) is 0 Å². The van der Waals surface area contributed by atoms with Gasteiger partial charge in [0.25, 0.3) is 0 Å². The van der Waals surface area contributed by atoms with Crippen LogP contribution in [0.3, 0.4) is 0 Å². The molecule has 24 heavy (non-hydrogen) atoms. The minimum atomic E-state index is -0.512. The summed E-state index contributed by atoms with van der Waals surface area (Å²) in [5.74, 6) is -0.0954. The van der Waals surface area contributed by atoms with E-state index in [4.69, 9.17) is 28.4 Å². The maximum absolute atomic E-state index is 6.33. The Kier molecular flexibility index (Phi) is 8.17. The molecule has 0 bridgehead atoms. The molecule has 2 aliphatic rings. The third-order valence-corrected chi connectivity index (χ3v) is 6.04. The molecule has 0 N–H and O–H groups in total. The van der Waals surface area contributed by atoms with Crippen molar-refractivity contribution in [3.8, 4) is 0 Å². The Morgan fingerprint density at radius 1 is 1.29 bits per heavy atom. The fraction of sp³-hybridized carbons (Fsp3) is 1.00. The predicted octanol–water partition coefficient (Wildman–Crippen LogP) is 2.76. The van der Waals surface area contributed by atoms with Gasteiger partial charge in [-0.2, -0.15) is 0 Å². The summed E-state index contributed by atoms with van der Waals surface area (Å²) in [6.07, 6.45) is 1.67. The highest BCUT2D eigenvalue weighted by atomic mass is 127. The van der Waals surface area contributed by atoms with Gasteiger partial charge in [-0.1, -0.05) is 29.5 Å². The normalized spacial score (nSPS) is 35.2. The molecular formula is C17H31IO6. The van der Waals surface area contributed by atoms with Crippen molar-refractivity contribution in [2.75, 3.05) is 32.0 Å². The van der Waals surface area contributed by atoms with Crippen molar-refractivity contribution in [2.24, 2.45) is 5.92 Å². The maximum Gasteiger partial charge on any atom is 0.163 e. The first-order valence-corrected chi connectivity index (χ1v) is 10.1. The molecule has 0 saturated carbocycles. The van der Waals surface area contributed by atoms with Crippen LogP contribution in [0.1, 0.15) is 33.6 Å². The topological polar surface area (TPSA) is 55.4 Å². The third-order valence-electron chi connectivity index (χ3n) is 4.65. The van der Waals surface area contributed by atoms with Crippen LogP contribution in [0.25, 0.3) is 0 Å². The largest absolute Gasteiger partial charge is 0.379 e. The Morgan fingerprint density at radius 3 is 2.58 bits per heavy atom. The van der Waals surface area contributed by atoms with Gasteiger partial charge in [0.15, 0.2) is 5.79 Å². The molecule has 0 amide bonds. The van der Waals surface area contributed by atoms with Crippen LogP contribution in [0.15, 0.2) is 0 Å². The Labute approximate surface area is 159 Å². The molecule has 7 heteroatoms. The lowest BCUT2D eigenvalue weighted by atomic mass is 9.98. The van der Waals surface area contributed by atoms with Gasteiger partial charge in [0.05, 0.1) is 37.1 Å². The predicted molar refractivity (Wildman–Crippen MR) is 98.4 cm³/mol. The van der Waals surface area contributed by atoms with Crippen molar-refractivity contribution < 1.29 is 28.4 Å². The van der Waals surface area contributed by atoms with Crippen molar-refractivity contribution in [3.05, 3.63) is 0 Å². The minimum absolute atomic E-state index is 0.000400. The van der Waals surface area contributed by atoms with Crippen LogP contribution in [-0.4, -0.2) is 68.4 Å². The smallest absolute Gasteiger partial charge is 0.163 e. The van der Waals surface area contributed by atoms with Crippen molar-refractivity contribution in [1.29, 1.82) is 0 Å². The number of ether oxygens (including phenoxy) is 6. The molecule has 0 aromatic rings. The molecule has 2 heterocycles. The van der Waals surface area contributed by atoms with E-state index in [1.165, 1.54) is 0 Å². The molecule has 2 fully saturated rings. The highest BCUT2D eigenvalue weighted by molar-refractivity contribution is 14.1. The van der Waals surface area contributed by atoms with Gasteiger partial charge in [0.1, 0.15) is 6.79 Å². The first-order chi connectivity index (χ1) is 11.4. The summed E-state index contributed by atoms with van der Waals surface area (Å²) >= 11 is 2.39. The van der Waals surface area contributed by atoms with Crippen molar-refractivity contribution in [1.82, 2.24) is 0 Å². The molecule has 6 nitrogen and oxygen atoms in total. The molecule has 0 radical (unpaired) electrons. The van der Waals surface area contributed by atoms with Gasteiger partial charge >= 0.3 is 0 Å². The summed E-state index contributed by atoms with van der Waals surface area (Å²) in [5.41, 5.74) is 0. The lowest BCUT2D eigenvalue weighted by Crippen LogP contribution is -2.34. The van der Waals surface area contributed by atoms with E-state index in [1.54, 1.807) is 14.2 Å². The summed E-state index contributed by atoms with van der Waals surface area (Å²) in [5, 5.41) is 0. The Balaban J connectivity index is 1.95. The molecule has 2 rings (SSSR count). The van der Waals surface area contributed by atoms with Crippen LogP contribution in [0.4, 0.5) is 0 Å². The van der Waals surface area contributed by atoms with Gasteiger partial charge in [-0.25, -0.2) is 0 Å². The van der Waals surface area contributed by atoms with Gasteiger partial charge in [-0.3, -0.25) is 0 Å². The number of rotatable bonds is 9. The highest BCUT2D eigenvalue weighted by Crippen LogP contribution is 2.34. The Hall–Kier alpha value is 0.490. The number of methoxy groups -OCH3 is 2. The van der Waals surface area contributed by atoms with Gasteiger partial charge in [0, 0.05) is 31.5 Å². The minimum Gasteiger partial charge on any atom is -0.379 e. The molecule has 0 aliphatic carbocycles. The van der Waals surface area contributed by atoms with E-state index < -0.39 is 5.79 Å². The zero-order chi connectivity index (χ0) is 17.7. The molecule has 142 valence electrons. The second-order valence-corrected chi connectivity index (χ2v) is 7.96. The van der Waals surface area contributed by atoms with Crippen LogP contribution in [0, 0.1) is 5.92 Å². The van der Waals surface area contributed by atoms with Crippen LogP contribution in [0.5, 0.6) is 0 Å². The van der Waals surface area contributed by atoms with E-state index in [-0.39, 0.29) is 37.3 Å². The van der Waals surface area contributed by atoms with E-state index in [0.29, 0.717) is 12.5 Å². The molecule has 0 aromatic heterocycles. The summed E-state index contributed by atoms with van der Waals surface area (Å²) in [6.45, 7) is 6.95. The highest BCUT2D eigenvalue weighted by Gasteiger charge is 2.44. The van der Waals surface area contributed by atoms with Crippen molar-refractivity contribution >= 4 is 22.6 Å². The van der Waals surface area contributed by atoms with E-state index >= 15 is 0 Å². The van der Waals surface area contributed by atoms with Crippen LogP contribution in [-0.2, 0) is 28.4 Å². The lowest BCUT2D eigenvalue weighted by molar-refractivity contribution is -0.147. The fourth-order valence-electron chi connectivity index (χ4n) is 3.39. The summed E-state index contributed by atoms with van der Waals surface area (Å²) in [7, 11) is 3.37. The van der Waals surface area contributed by atoms with E-state index in [1.807, 2.05) is 13.8 Å². The van der Waals surface area contributed by atoms with Crippen LogP contribution in [0.2, 0.25) is 0 Å².